The Balaban J connectivity index is 1.53. The zero-order chi connectivity index (χ0) is 22.4. The van der Waals surface area contributed by atoms with E-state index >= 15 is 0 Å². The molecule has 0 unspecified atom stereocenters. The van der Waals surface area contributed by atoms with Crippen molar-refractivity contribution in [2.24, 2.45) is 0 Å². The van der Waals surface area contributed by atoms with Gasteiger partial charge < -0.3 is 14.7 Å². The summed E-state index contributed by atoms with van der Waals surface area (Å²) in [4.78, 5) is 27.8. The molecule has 0 radical (unpaired) electrons. The van der Waals surface area contributed by atoms with Crippen molar-refractivity contribution < 1.29 is 23.8 Å². The van der Waals surface area contributed by atoms with Crippen LogP contribution in [0.25, 0.3) is 0 Å². The molecule has 0 aliphatic carbocycles. The Bertz CT molecular complexity index is 916. The number of nitrogens with zero attached hydrogens (tertiary/aromatic N) is 2. The number of carbonyl (C=O) groups is 2. The van der Waals surface area contributed by atoms with E-state index in [0.717, 1.165) is 36.3 Å². The molecule has 6 nitrogen and oxygen atoms in total. The van der Waals surface area contributed by atoms with Gasteiger partial charge in [0.25, 0.3) is 5.91 Å². The van der Waals surface area contributed by atoms with Crippen molar-refractivity contribution in [3.63, 3.8) is 0 Å². The predicted molar refractivity (Wildman–Crippen MR) is 115 cm³/mol. The van der Waals surface area contributed by atoms with Crippen LogP contribution in [-0.2, 0) is 22.6 Å². The minimum absolute atomic E-state index is 0.0147. The highest BCUT2D eigenvalue weighted by atomic mass is 19.1. The quantitative estimate of drug-likeness (QED) is 0.699. The van der Waals surface area contributed by atoms with Gasteiger partial charge in [-0.1, -0.05) is 29.8 Å². The van der Waals surface area contributed by atoms with Crippen LogP contribution in [0.15, 0.2) is 42.5 Å². The molecule has 1 fully saturated rings. The molecule has 1 N–H and O–H groups in total. The largest absolute Gasteiger partial charge is 0.483 e. The molecule has 1 amide bonds. The van der Waals surface area contributed by atoms with Gasteiger partial charge in [0.2, 0.25) is 0 Å². The van der Waals surface area contributed by atoms with Gasteiger partial charge in [-0.15, -0.1) is 0 Å². The summed E-state index contributed by atoms with van der Waals surface area (Å²) in [6.45, 7) is 6.67. The molecule has 1 aliphatic heterocycles. The first-order chi connectivity index (χ1) is 14.8. The number of rotatable bonds is 8. The molecule has 1 saturated heterocycles. The Morgan fingerprint density at radius 3 is 2.58 bits per heavy atom. The molecule has 1 atom stereocenters. The van der Waals surface area contributed by atoms with Gasteiger partial charge in [0.05, 0.1) is 0 Å². The van der Waals surface area contributed by atoms with E-state index in [1.165, 1.54) is 12.1 Å². The van der Waals surface area contributed by atoms with Crippen molar-refractivity contribution in [3.05, 3.63) is 65.0 Å². The summed E-state index contributed by atoms with van der Waals surface area (Å²) in [5.74, 6) is -0.635. The maximum atomic E-state index is 13.1. The van der Waals surface area contributed by atoms with E-state index in [1.54, 1.807) is 18.2 Å². The predicted octanol–water partition coefficient (Wildman–Crippen LogP) is 3.26. The van der Waals surface area contributed by atoms with Gasteiger partial charge in [-0.25, -0.2) is 4.39 Å². The fourth-order valence-electron chi connectivity index (χ4n) is 3.90. The first-order valence-electron chi connectivity index (χ1n) is 10.5. The van der Waals surface area contributed by atoms with Crippen molar-refractivity contribution >= 4 is 11.9 Å². The minimum Gasteiger partial charge on any atom is -0.483 e. The molecule has 2 aromatic rings. The Morgan fingerprint density at radius 2 is 1.90 bits per heavy atom. The Morgan fingerprint density at radius 1 is 1.16 bits per heavy atom. The van der Waals surface area contributed by atoms with Gasteiger partial charge in [-0.3, -0.25) is 14.5 Å². The van der Waals surface area contributed by atoms with Crippen LogP contribution in [-0.4, -0.2) is 59.1 Å². The minimum atomic E-state index is -0.865. The van der Waals surface area contributed by atoms with Crippen LogP contribution in [0.4, 0.5) is 4.39 Å². The number of carboxylic acid groups (broad SMARTS) is 1. The Hall–Kier alpha value is -2.93. The van der Waals surface area contributed by atoms with Crippen LogP contribution in [0.5, 0.6) is 5.75 Å². The molecule has 3 rings (SSSR count). The van der Waals surface area contributed by atoms with Crippen LogP contribution < -0.4 is 4.74 Å². The van der Waals surface area contributed by atoms with Crippen LogP contribution in [0.1, 0.15) is 30.0 Å². The van der Waals surface area contributed by atoms with Crippen molar-refractivity contribution in [2.75, 3.05) is 26.2 Å². The zero-order valence-electron chi connectivity index (χ0n) is 18.0. The summed E-state index contributed by atoms with van der Waals surface area (Å²) in [6.07, 6.45) is 0.375. The average Bonchev–Trinajstić information content (AvgIpc) is 2.73. The van der Waals surface area contributed by atoms with Gasteiger partial charge in [0.15, 0.2) is 6.61 Å². The Kier molecular flexibility index (Phi) is 7.63. The normalized spacial score (nSPS) is 16.9. The lowest BCUT2D eigenvalue weighted by atomic mass is 10.1. The molecule has 1 aliphatic rings. The monoisotopic (exact) mass is 428 g/mol. The fraction of sp³-hybridized carbons (Fsp3) is 0.417. The summed E-state index contributed by atoms with van der Waals surface area (Å²) in [6, 6.07) is 12.1. The van der Waals surface area contributed by atoms with Crippen molar-refractivity contribution in [1.82, 2.24) is 9.80 Å². The number of amides is 1. The van der Waals surface area contributed by atoms with E-state index in [4.69, 9.17) is 9.84 Å². The highest BCUT2D eigenvalue weighted by Gasteiger charge is 2.27. The first kappa shape index (κ1) is 22.7. The molecule has 1 heterocycles. The van der Waals surface area contributed by atoms with Gasteiger partial charge in [0.1, 0.15) is 11.6 Å². The summed E-state index contributed by atoms with van der Waals surface area (Å²) in [5.41, 5.74) is 2.86. The molecule has 166 valence electrons. The van der Waals surface area contributed by atoms with E-state index in [0.29, 0.717) is 18.7 Å². The number of carboxylic acids is 1. The van der Waals surface area contributed by atoms with Gasteiger partial charge in [-0.05, 0) is 49.6 Å². The SMILES string of the molecule is Cc1ccc(OCC(=O)N2CCN(Cc3ccc(F)cc3)C[C@H]2C)c(CCC(=O)O)c1. The summed E-state index contributed by atoms with van der Waals surface area (Å²) < 4.78 is 18.9. The van der Waals surface area contributed by atoms with E-state index in [9.17, 15) is 14.0 Å². The number of hydrogen-bond donors (Lipinski definition) is 1. The molecule has 0 aromatic heterocycles. The lowest BCUT2D eigenvalue weighted by Gasteiger charge is -2.39. The number of aryl methyl sites for hydroxylation is 2. The van der Waals surface area contributed by atoms with E-state index in [2.05, 4.69) is 4.90 Å². The number of carbonyl (C=O) groups excluding carboxylic acids is 1. The number of halogens is 1. The maximum absolute atomic E-state index is 13.1. The number of hydrogen-bond acceptors (Lipinski definition) is 4. The highest BCUT2D eigenvalue weighted by molar-refractivity contribution is 5.78. The third-order valence-corrected chi connectivity index (χ3v) is 5.53. The molecule has 2 aromatic carbocycles. The molecule has 0 spiro atoms. The molecule has 7 heteroatoms. The lowest BCUT2D eigenvalue weighted by Crippen LogP contribution is -2.54. The number of piperazine rings is 1. The van der Waals surface area contributed by atoms with Crippen molar-refractivity contribution in [1.29, 1.82) is 0 Å². The molecule has 0 saturated carbocycles. The third kappa shape index (κ3) is 6.52. The van der Waals surface area contributed by atoms with Crippen molar-refractivity contribution in [2.45, 2.75) is 39.3 Å². The standard InChI is InChI=1S/C24H29FN2O4/c1-17-3-9-22(20(13-17)6-10-24(29)30)31-16-23(28)27-12-11-26(14-18(27)2)15-19-4-7-21(25)8-5-19/h3-5,7-9,13,18H,6,10-12,14-16H2,1-2H3,(H,29,30)/t18-/m1/s1. The van der Waals surface area contributed by atoms with Crippen LogP contribution in [0.2, 0.25) is 0 Å². The molecular formula is C24H29FN2O4. The molecular weight excluding hydrogens is 399 g/mol. The van der Waals surface area contributed by atoms with Crippen LogP contribution >= 0.6 is 0 Å². The zero-order valence-corrected chi connectivity index (χ0v) is 18.0. The number of benzene rings is 2. The van der Waals surface area contributed by atoms with Crippen LogP contribution in [0.3, 0.4) is 0 Å². The topological polar surface area (TPSA) is 70.1 Å². The van der Waals surface area contributed by atoms with Gasteiger partial charge >= 0.3 is 5.97 Å². The molecule has 31 heavy (non-hydrogen) atoms. The third-order valence-electron chi connectivity index (χ3n) is 5.53. The second-order valence-electron chi connectivity index (χ2n) is 8.09. The van der Waals surface area contributed by atoms with E-state index < -0.39 is 5.97 Å². The fourth-order valence-corrected chi connectivity index (χ4v) is 3.90. The second kappa shape index (κ2) is 10.4. The van der Waals surface area contributed by atoms with E-state index in [1.807, 2.05) is 30.9 Å². The summed E-state index contributed by atoms with van der Waals surface area (Å²) in [7, 11) is 0. The van der Waals surface area contributed by atoms with Gasteiger partial charge in [-0.2, -0.15) is 0 Å². The second-order valence-corrected chi connectivity index (χ2v) is 8.09. The summed E-state index contributed by atoms with van der Waals surface area (Å²) >= 11 is 0. The van der Waals surface area contributed by atoms with E-state index in [-0.39, 0.29) is 30.8 Å². The lowest BCUT2D eigenvalue weighted by molar-refractivity contribution is -0.138. The smallest absolute Gasteiger partial charge is 0.303 e. The first-order valence-corrected chi connectivity index (χ1v) is 10.5. The van der Waals surface area contributed by atoms with Gasteiger partial charge in [0, 0.05) is 38.6 Å². The van der Waals surface area contributed by atoms with Crippen molar-refractivity contribution in [3.8, 4) is 5.75 Å². The highest BCUT2D eigenvalue weighted by Crippen LogP contribution is 2.22. The maximum Gasteiger partial charge on any atom is 0.303 e. The number of ether oxygens (including phenoxy) is 1. The number of aliphatic carboxylic acids is 1. The summed E-state index contributed by atoms with van der Waals surface area (Å²) in [5, 5.41) is 8.96. The molecule has 0 bridgehead atoms. The average molecular weight is 429 g/mol. The van der Waals surface area contributed by atoms with Crippen LogP contribution in [0, 0.1) is 12.7 Å². The Labute approximate surface area is 182 Å².